The van der Waals surface area contributed by atoms with Gasteiger partial charge in [-0.3, -0.25) is 9.59 Å². The highest BCUT2D eigenvalue weighted by Gasteiger charge is 2.12. The normalized spacial score (nSPS) is 10.4. The Morgan fingerprint density at radius 3 is 2.68 bits per heavy atom. The second-order valence-corrected chi connectivity index (χ2v) is 6.69. The standard InChI is InChI=1S/C17H13FN2O3S2/c18-12-1-3-13(4-2-12)19-15(21)8-23-16(22)7-14-10-25-17(20-14)11-5-6-24-9-11/h1-6,9-10H,7-8H2,(H,19,21). The molecule has 1 amide bonds. The van der Waals surface area contributed by atoms with Crippen LogP contribution in [0.2, 0.25) is 0 Å². The number of halogens is 1. The van der Waals surface area contributed by atoms with E-state index in [2.05, 4.69) is 10.3 Å². The molecule has 8 heteroatoms. The molecule has 0 aliphatic rings. The molecular formula is C17H13FN2O3S2. The fourth-order valence-corrected chi connectivity index (χ4v) is 3.51. The minimum atomic E-state index is -0.531. The van der Waals surface area contributed by atoms with Gasteiger partial charge in [0, 0.05) is 22.0 Å². The van der Waals surface area contributed by atoms with E-state index in [0.717, 1.165) is 10.6 Å². The topological polar surface area (TPSA) is 68.3 Å². The first-order valence-corrected chi connectivity index (χ1v) is 9.10. The zero-order valence-corrected chi connectivity index (χ0v) is 14.5. The van der Waals surface area contributed by atoms with Crippen molar-refractivity contribution in [3.8, 4) is 10.6 Å². The fourth-order valence-electron chi connectivity index (χ4n) is 1.98. The van der Waals surface area contributed by atoms with Crippen LogP contribution in [0.15, 0.2) is 46.5 Å². The largest absolute Gasteiger partial charge is 0.455 e. The van der Waals surface area contributed by atoms with Gasteiger partial charge in [-0.2, -0.15) is 11.3 Å². The maximum absolute atomic E-state index is 12.8. The molecule has 2 aromatic heterocycles. The molecule has 0 unspecified atom stereocenters. The number of hydrogen-bond acceptors (Lipinski definition) is 6. The lowest BCUT2D eigenvalue weighted by Crippen LogP contribution is -2.21. The molecule has 128 valence electrons. The quantitative estimate of drug-likeness (QED) is 0.666. The fraction of sp³-hybridized carbons (Fsp3) is 0.118. The first kappa shape index (κ1) is 17.2. The summed E-state index contributed by atoms with van der Waals surface area (Å²) in [5, 5.41) is 9.11. The van der Waals surface area contributed by atoms with Gasteiger partial charge in [-0.05, 0) is 35.7 Å². The molecule has 0 aliphatic carbocycles. The minimum Gasteiger partial charge on any atom is -0.455 e. The molecule has 2 heterocycles. The van der Waals surface area contributed by atoms with E-state index in [1.807, 2.05) is 16.8 Å². The Balaban J connectivity index is 1.46. The van der Waals surface area contributed by atoms with Crippen LogP contribution in [0.4, 0.5) is 10.1 Å². The number of aromatic nitrogens is 1. The van der Waals surface area contributed by atoms with Gasteiger partial charge in [0.25, 0.3) is 5.91 Å². The molecule has 0 aliphatic heterocycles. The van der Waals surface area contributed by atoms with Crippen molar-refractivity contribution in [1.29, 1.82) is 0 Å². The molecule has 1 N–H and O–H groups in total. The SMILES string of the molecule is O=C(COC(=O)Cc1csc(-c2ccsc2)n1)Nc1ccc(F)cc1. The van der Waals surface area contributed by atoms with Crippen molar-refractivity contribution in [2.75, 3.05) is 11.9 Å². The maximum Gasteiger partial charge on any atom is 0.312 e. The second kappa shape index (κ2) is 8.00. The zero-order chi connectivity index (χ0) is 17.6. The van der Waals surface area contributed by atoms with Gasteiger partial charge in [0.2, 0.25) is 0 Å². The Kier molecular flexibility index (Phi) is 5.52. The van der Waals surface area contributed by atoms with Crippen LogP contribution in [0.1, 0.15) is 5.69 Å². The van der Waals surface area contributed by atoms with Gasteiger partial charge in [-0.25, -0.2) is 9.37 Å². The third kappa shape index (κ3) is 4.94. The first-order chi connectivity index (χ1) is 12.1. The van der Waals surface area contributed by atoms with E-state index in [1.165, 1.54) is 35.6 Å². The predicted molar refractivity (Wildman–Crippen MR) is 95.1 cm³/mol. The van der Waals surface area contributed by atoms with Crippen LogP contribution in [-0.4, -0.2) is 23.5 Å². The van der Waals surface area contributed by atoms with Crippen LogP contribution >= 0.6 is 22.7 Å². The van der Waals surface area contributed by atoms with Crippen LogP contribution in [-0.2, 0) is 20.7 Å². The third-order valence-electron chi connectivity index (χ3n) is 3.14. The molecule has 1 aromatic carbocycles. The van der Waals surface area contributed by atoms with Crippen LogP contribution in [0.5, 0.6) is 0 Å². The van der Waals surface area contributed by atoms with Crippen molar-refractivity contribution >= 4 is 40.2 Å². The molecule has 0 radical (unpaired) electrons. The number of nitrogens with zero attached hydrogens (tertiary/aromatic N) is 1. The van der Waals surface area contributed by atoms with Crippen molar-refractivity contribution in [1.82, 2.24) is 4.98 Å². The number of hydrogen-bond donors (Lipinski definition) is 1. The smallest absolute Gasteiger partial charge is 0.312 e. The van der Waals surface area contributed by atoms with E-state index >= 15 is 0 Å². The summed E-state index contributed by atoms with van der Waals surface area (Å²) < 4.78 is 17.7. The number of thiazole rings is 1. The Labute approximate surface area is 151 Å². The molecule has 3 rings (SSSR count). The molecular weight excluding hydrogens is 363 g/mol. The predicted octanol–water partition coefficient (Wildman–Crippen LogP) is 3.74. The van der Waals surface area contributed by atoms with Gasteiger partial charge in [-0.1, -0.05) is 0 Å². The van der Waals surface area contributed by atoms with Gasteiger partial charge in [0.15, 0.2) is 6.61 Å². The lowest BCUT2D eigenvalue weighted by Gasteiger charge is -2.06. The Morgan fingerprint density at radius 1 is 1.16 bits per heavy atom. The van der Waals surface area contributed by atoms with Gasteiger partial charge in [0.05, 0.1) is 12.1 Å². The van der Waals surface area contributed by atoms with E-state index in [4.69, 9.17) is 4.74 Å². The number of rotatable bonds is 6. The minimum absolute atomic E-state index is 0.00443. The molecule has 0 saturated carbocycles. The Hall–Kier alpha value is -2.58. The lowest BCUT2D eigenvalue weighted by atomic mass is 10.3. The summed E-state index contributed by atoms with van der Waals surface area (Å²) >= 11 is 3.03. The van der Waals surface area contributed by atoms with Crippen molar-refractivity contribution in [3.05, 3.63) is 58.0 Å². The lowest BCUT2D eigenvalue weighted by molar-refractivity contribution is -0.146. The highest BCUT2D eigenvalue weighted by molar-refractivity contribution is 7.14. The molecule has 25 heavy (non-hydrogen) atoms. The van der Waals surface area contributed by atoms with Crippen molar-refractivity contribution in [2.24, 2.45) is 0 Å². The van der Waals surface area contributed by atoms with E-state index in [-0.39, 0.29) is 6.42 Å². The van der Waals surface area contributed by atoms with E-state index in [9.17, 15) is 14.0 Å². The molecule has 0 fully saturated rings. The molecule has 0 spiro atoms. The summed E-state index contributed by atoms with van der Waals surface area (Å²) in [6.45, 7) is -0.405. The van der Waals surface area contributed by atoms with E-state index in [1.54, 1.807) is 16.7 Å². The van der Waals surface area contributed by atoms with Crippen LogP contribution in [0.25, 0.3) is 10.6 Å². The van der Waals surface area contributed by atoms with Crippen molar-refractivity contribution < 1.29 is 18.7 Å². The summed E-state index contributed by atoms with van der Waals surface area (Å²) in [7, 11) is 0. The summed E-state index contributed by atoms with van der Waals surface area (Å²) in [4.78, 5) is 27.9. The summed E-state index contributed by atoms with van der Waals surface area (Å²) in [6.07, 6.45) is 0.00443. The number of esters is 1. The molecule has 3 aromatic rings. The molecule has 0 saturated heterocycles. The highest BCUT2D eigenvalue weighted by atomic mass is 32.1. The number of benzene rings is 1. The van der Waals surface area contributed by atoms with Crippen LogP contribution in [0, 0.1) is 5.82 Å². The monoisotopic (exact) mass is 376 g/mol. The third-order valence-corrected chi connectivity index (χ3v) is 4.76. The number of carbonyl (C=O) groups excluding carboxylic acids is 2. The summed E-state index contributed by atoms with van der Waals surface area (Å²) in [5.41, 5.74) is 2.06. The summed E-state index contributed by atoms with van der Waals surface area (Å²) in [5.74, 6) is -1.41. The zero-order valence-electron chi connectivity index (χ0n) is 12.9. The maximum atomic E-state index is 12.8. The van der Waals surface area contributed by atoms with Gasteiger partial charge in [0.1, 0.15) is 10.8 Å². The van der Waals surface area contributed by atoms with E-state index < -0.39 is 24.3 Å². The van der Waals surface area contributed by atoms with Crippen LogP contribution in [0.3, 0.4) is 0 Å². The average molecular weight is 376 g/mol. The van der Waals surface area contributed by atoms with Gasteiger partial charge in [-0.15, -0.1) is 11.3 Å². The number of ether oxygens (including phenoxy) is 1. The average Bonchev–Trinajstić information content (AvgIpc) is 3.26. The Bertz CT molecular complexity index is 860. The molecule has 5 nitrogen and oxygen atoms in total. The van der Waals surface area contributed by atoms with Gasteiger partial charge < -0.3 is 10.1 Å². The number of carbonyl (C=O) groups is 2. The number of amides is 1. The van der Waals surface area contributed by atoms with E-state index in [0.29, 0.717) is 11.4 Å². The number of thiophene rings is 1. The summed E-state index contributed by atoms with van der Waals surface area (Å²) in [6, 6.07) is 7.28. The van der Waals surface area contributed by atoms with Crippen molar-refractivity contribution in [2.45, 2.75) is 6.42 Å². The first-order valence-electron chi connectivity index (χ1n) is 7.28. The second-order valence-electron chi connectivity index (χ2n) is 5.05. The van der Waals surface area contributed by atoms with Gasteiger partial charge >= 0.3 is 5.97 Å². The molecule has 0 atom stereocenters. The Morgan fingerprint density at radius 2 is 1.96 bits per heavy atom. The number of nitrogens with one attached hydrogen (secondary N) is 1. The highest BCUT2D eigenvalue weighted by Crippen LogP contribution is 2.25. The van der Waals surface area contributed by atoms with Crippen molar-refractivity contribution in [3.63, 3.8) is 0 Å². The number of anilines is 1. The van der Waals surface area contributed by atoms with Crippen LogP contribution < -0.4 is 5.32 Å². The molecule has 0 bridgehead atoms.